The van der Waals surface area contributed by atoms with E-state index in [0.29, 0.717) is 24.0 Å². The lowest BCUT2D eigenvalue weighted by Crippen LogP contribution is -2.28. The molecule has 1 aromatic carbocycles. The van der Waals surface area contributed by atoms with Crippen LogP contribution in [0.15, 0.2) is 53.5 Å². The second kappa shape index (κ2) is 8.70. The molecule has 4 nitrogen and oxygen atoms in total. The second-order valence-corrected chi connectivity index (χ2v) is 8.48. The molecule has 0 amide bonds. The van der Waals surface area contributed by atoms with Crippen LogP contribution in [0.3, 0.4) is 0 Å². The van der Waals surface area contributed by atoms with Gasteiger partial charge >= 0.3 is 0 Å². The topological polar surface area (TPSA) is 37.6 Å². The van der Waals surface area contributed by atoms with Gasteiger partial charge in [0.1, 0.15) is 5.65 Å². The van der Waals surface area contributed by atoms with Crippen molar-refractivity contribution in [2.45, 2.75) is 53.6 Å². The van der Waals surface area contributed by atoms with Crippen molar-refractivity contribution in [2.75, 3.05) is 6.54 Å². The lowest BCUT2D eigenvalue weighted by atomic mass is 10.0. The minimum atomic E-state index is -0.0224. The summed E-state index contributed by atoms with van der Waals surface area (Å²) in [4.78, 5) is 19.6. The smallest absolute Gasteiger partial charge is 0.258 e. The van der Waals surface area contributed by atoms with E-state index < -0.39 is 0 Å². The molecule has 0 saturated heterocycles. The van der Waals surface area contributed by atoms with E-state index in [1.54, 1.807) is 16.7 Å². The van der Waals surface area contributed by atoms with Gasteiger partial charge in [0, 0.05) is 31.9 Å². The van der Waals surface area contributed by atoms with E-state index in [-0.39, 0.29) is 5.56 Å². The third-order valence-electron chi connectivity index (χ3n) is 4.94. The number of pyridine rings is 1. The first kappa shape index (κ1) is 20.3. The molecule has 0 spiro atoms. The molecule has 4 heteroatoms. The van der Waals surface area contributed by atoms with Gasteiger partial charge in [-0.2, -0.15) is 0 Å². The maximum Gasteiger partial charge on any atom is 0.258 e. The number of hydrogen-bond donors (Lipinski definition) is 0. The van der Waals surface area contributed by atoms with Gasteiger partial charge in [-0.1, -0.05) is 52.0 Å². The SMILES string of the molecule is Cc1ccn2c(=O)cc(CN(Cc3ccc(C(C)C)cc3)CC(C)C)nc2c1. The largest absolute Gasteiger partial charge is 0.293 e. The molecule has 0 aliphatic carbocycles. The Morgan fingerprint density at radius 1 is 1.00 bits per heavy atom. The fourth-order valence-electron chi connectivity index (χ4n) is 3.53. The van der Waals surface area contributed by atoms with Crippen molar-refractivity contribution < 1.29 is 0 Å². The number of benzene rings is 1. The highest BCUT2D eigenvalue weighted by Gasteiger charge is 2.12. The lowest BCUT2D eigenvalue weighted by molar-refractivity contribution is 0.225. The summed E-state index contributed by atoms with van der Waals surface area (Å²) in [5, 5.41) is 0. The fourth-order valence-corrected chi connectivity index (χ4v) is 3.53. The first-order valence-corrected chi connectivity index (χ1v) is 10.1. The summed E-state index contributed by atoms with van der Waals surface area (Å²) < 4.78 is 1.61. The summed E-state index contributed by atoms with van der Waals surface area (Å²) in [5.74, 6) is 1.08. The van der Waals surface area contributed by atoms with Gasteiger partial charge in [0.15, 0.2) is 0 Å². The highest BCUT2D eigenvalue weighted by atomic mass is 16.1. The zero-order chi connectivity index (χ0) is 20.3. The highest BCUT2D eigenvalue weighted by molar-refractivity contribution is 5.41. The summed E-state index contributed by atoms with van der Waals surface area (Å²) in [6.07, 6.45) is 1.80. The van der Waals surface area contributed by atoms with Gasteiger partial charge in [-0.15, -0.1) is 0 Å². The van der Waals surface area contributed by atoms with Crippen molar-refractivity contribution in [1.82, 2.24) is 14.3 Å². The number of aromatic nitrogens is 2. The Balaban J connectivity index is 1.84. The number of fused-ring (bicyclic) bond motifs is 1. The third-order valence-corrected chi connectivity index (χ3v) is 4.94. The zero-order valence-corrected chi connectivity index (χ0v) is 17.6. The molecule has 0 atom stereocenters. The quantitative estimate of drug-likeness (QED) is 0.594. The molecule has 0 unspecified atom stereocenters. The Labute approximate surface area is 167 Å². The van der Waals surface area contributed by atoms with E-state index in [4.69, 9.17) is 4.98 Å². The summed E-state index contributed by atoms with van der Waals surface area (Å²) >= 11 is 0. The Bertz CT molecular complexity index is 987. The van der Waals surface area contributed by atoms with Crippen LogP contribution in [-0.2, 0) is 13.1 Å². The molecule has 0 aliphatic heterocycles. The zero-order valence-electron chi connectivity index (χ0n) is 17.6. The first-order valence-electron chi connectivity index (χ1n) is 10.1. The normalized spacial score (nSPS) is 11.9. The van der Waals surface area contributed by atoms with Crippen LogP contribution in [0.2, 0.25) is 0 Å². The minimum absolute atomic E-state index is 0.0224. The number of hydrogen-bond acceptors (Lipinski definition) is 3. The molecule has 2 heterocycles. The summed E-state index contributed by atoms with van der Waals surface area (Å²) in [6.45, 7) is 13.4. The maximum atomic E-state index is 12.5. The van der Waals surface area contributed by atoms with E-state index >= 15 is 0 Å². The van der Waals surface area contributed by atoms with Gasteiger partial charge in [-0.25, -0.2) is 4.98 Å². The number of aryl methyl sites for hydroxylation is 1. The van der Waals surface area contributed by atoms with Gasteiger partial charge < -0.3 is 0 Å². The fraction of sp³-hybridized carbons (Fsp3) is 0.417. The Morgan fingerprint density at radius 3 is 2.36 bits per heavy atom. The molecule has 148 valence electrons. The second-order valence-electron chi connectivity index (χ2n) is 8.48. The molecule has 0 saturated carbocycles. The van der Waals surface area contributed by atoms with E-state index in [2.05, 4.69) is 56.9 Å². The number of nitrogens with zero attached hydrogens (tertiary/aromatic N) is 3. The van der Waals surface area contributed by atoms with Crippen molar-refractivity contribution >= 4 is 5.65 Å². The van der Waals surface area contributed by atoms with Gasteiger partial charge in [0.25, 0.3) is 5.56 Å². The molecule has 3 aromatic rings. The van der Waals surface area contributed by atoms with Crippen molar-refractivity contribution in [3.05, 3.63) is 81.4 Å². The van der Waals surface area contributed by atoms with Crippen molar-refractivity contribution in [1.29, 1.82) is 0 Å². The average Bonchev–Trinajstić information content (AvgIpc) is 2.61. The van der Waals surface area contributed by atoms with Crippen LogP contribution in [0, 0.1) is 12.8 Å². The van der Waals surface area contributed by atoms with Crippen LogP contribution in [0.25, 0.3) is 5.65 Å². The molecular weight excluding hydrogens is 346 g/mol. The monoisotopic (exact) mass is 377 g/mol. The molecule has 28 heavy (non-hydrogen) atoms. The van der Waals surface area contributed by atoms with Crippen LogP contribution >= 0.6 is 0 Å². The molecule has 2 aromatic heterocycles. The molecule has 0 bridgehead atoms. The predicted molar refractivity (Wildman–Crippen MR) is 116 cm³/mol. The molecule has 0 radical (unpaired) electrons. The van der Waals surface area contributed by atoms with Gasteiger partial charge in [0.2, 0.25) is 0 Å². The molecular formula is C24H31N3O. The van der Waals surface area contributed by atoms with Crippen LogP contribution in [0.5, 0.6) is 0 Å². The standard InChI is InChI=1S/C24H31N3O/c1-17(2)14-26(15-20-6-8-21(9-7-20)18(3)4)16-22-13-24(28)27-11-10-19(5)12-23(27)25-22/h6-13,17-18H,14-16H2,1-5H3. The average molecular weight is 378 g/mol. The molecule has 3 rings (SSSR count). The van der Waals surface area contributed by atoms with E-state index in [0.717, 1.165) is 24.3 Å². The summed E-state index contributed by atoms with van der Waals surface area (Å²) in [7, 11) is 0. The van der Waals surface area contributed by atoms with Crippen LogP contribution < -0.4 is 5.56 Å². The molecule has 0 fully saturated rings. The number of rotatable bonds is 7. The van der Waals surface area contributed by atoms with Crippen molar-refractivity contribution in [2.24, 2.45) is 5.92 Å². The van der Waals surface area contributed by atoms with Crippen molar-refractivity contribution in [3.63, 3.8) is 0 Å². The molecule has 0 aliphatic rings. The van der Waals surface area contributed by atoms with E-state index in [9.17, 15) is 4.79 Å². The summed E-state index contributed by atoms with van der Waals surface area (Å²) in [6, 6.07) is 14.4. The van der Waals surface area contributed by atoms with E-state index in [1.807, 2.05) is 19.1 Å². The minimum Gasteiger partial charge on any atom is -0.293 e. The lowest BCUT2D eigenvalue weighted by Gasteiger charge is -2.24. The van der Waals surface area contributed by atoms with Crippen molar-refractivity contribution in [3.8, 4) is 0 Å². The Hall–Kier alpha value is -2.46. The first-order chi connectivity index (χ1) is 13.3. The Morgan fingerprint density at radius 2 is 1.71 bits per heavy atom. The predicted octanol–water partition coefficient (Wildman–Crippen LogP) is 4.78. The van der Waals surface area contributed by atoms with Crippen LogP contribution in [0.1, 0.15) is 56.0 Å². The van der Waals surface area contributed by atoms with Crippen LogP contribution in [0.4, 0.5) is 0 Å². The van der Waals surface area contributed by atoms with Gasteiger partial charge in [-0.05, 0) is 47.6 Å². The third kappa shape index (κ3) is 5.08. The van der Waals surface area contributed by atoms with Gasteiger partial charge in [-0.3, -0.25) is 14.1 Å². The Kier molecular flexibility index (Phi) is 6.30. The molecule has 0 N–H and O–H groups in total. The highest BCUT2D eigenvalue weighted by Crippen LogP contribution is 2.17. The van der Waals surface area contributed by atoms with Gasteiger partial charge in [0.05, 0.1) is 5.69 Å². The maximum absolute atomic E-state index is 12.5. The summed E-state index contributed by atoms with van der Waals surface area (Å²) in [5.41, 5.74) is 5.28. The van der Waals surface area contributed by atoms with Crippen LogP contribution in [-0.4, -0.2) is 20.8 Å². The van der Waals surface area contributed by atoms with E-state index in [1.165, 1.54) is 11.1 Å².